The van der Waals surface area contributed by atoms with E-state index in [1.165, 1.54) is 5.69 Å². The monoisotopic (exact) mass is 333 g/mol. The lowest BCUT2D eigenvalue weighted by Crippen LogP contribution is -2.11. The van der Waals surface area contributed by atoms with E-state index in [1.54, 1.807) is 23.5 Å². The second-order valence-corrected chi connectivity index (χ2v) is 6.39. The molecule has 2 aromatic heterocycles. The molecule has 0 atom stereocenters. The molecule has 5 heteroatoms. The Morgan fingerprint density at radius 2 is 1.83 bits per heavy atom. The van der Waals surface area contributed by atoms with Gasteiger partial charge >= 0.3 is 0 Å². The molecule has 0 aliphatic carbocycles. The van der Waals surface area contributed by atoms with Crippen LogP contribution in [-0.4, -0.2) is 15.3 Å². The number of carbonyl (C=O) groups excluding carboxylic acids is 1. The number of fused-ring (bicyclic) bond motifs is 1. The third-order valence-corrected chi connectivity index (χ3v) is 4.82. The van der Waals surface area contributed by atoms with Gasteiger partial charge in [-0.2, -0.15) is 0 Å². The number of benzene rings is 2. The number of nitrogens with zero attached hydrogens (tertiary/aromatic N) is 2. The minimum atomic E-state index is -0.110. The summed E-state index contributed by atoms with van der Waals surface area (Å²) in [6.45, 7) is 2.07. The standard InChI is InChI=1S/C19H15N3OS/c1-13-12-24-19-21-17(11-22(13)19)14-7-9-16(10-8-14)20-18(23)15-5-3-2-4-6-15/h2-12H,1H3,(H,20,23). The molecule has 0 unspecified atom stereocenters. The van der Waals surface area contributed by atoms with E-state index in [4.69, 9.17) is 0 Å². The zero-order valence-corrected chi connectivity index (χ0v) is 13.9. The number of aryl methyl sites for hydroxylation is 1. The average Bonchev–Trinajstić information content (AvgIpc) is 3.19. The molecule has 0 saturated heterocycles. The smallest absolute Gasteiger partial charge is 0.255 e. The fourth-order valence-corrected chi connectivity index (χ4v) is 3.40. The van der Waals surface area contributed by atoms with Crippen LogP contribution < -0.4 is 5.32 Å². The third kappa shape index (κ3) is 2.70. The van der Waals surface area contributed by atoms with Gasteiger partial charge in [-0.15, -0.1) is 11.3 Å². The maximum atomic E-state index is 12.2. The number of aromatic nitrogens is 2. The van der Waals surface area contributed by atoms with Crippen LogP contribution in [0, 0.1) is 6.92 Å². The summed E-state index contributed by atoms with van der Waals surface area (Å²) in [5.41, 5.74) is 4.56. The Labute approximate surface area is 143 Å². The van der Waals surface area contributed by atoms with E-state index in [1.807, 2.05) is 48.7 Å². The molecule has 0 spiro atoms. The summed E-state index contributed by atoms with van der Waals surface area (Å²) in [5.74, 6) is -0.110. The summed E-state index contributed by atoms with van der Waals surface area (Å²) in [7, 11) is 0. The Balaban J connectivity index is 1.55. The molecule has 0 bridgehead atoms. The normalized spacial score (nSPS) is 10.9. The number of hydrogen-bond acceptors (Lipinski definition) is 3. The first-order valence-corrected chi connectivity index (χ1v) is 8.49. The lowest BCUT2D eigenvalue weighted by molar-refractivity contribution is 0.102. The summed E-state index contributed by atoms with van der Waals surface area (Å²) in [6.07, 6.45) is 2.04. The number of imidazole rings is 1. The van der Waals surface area contributed by atoms with Crippen LogP contribution in [0.2, 0.25) is 0 Å². The summed E-state index contributed by atoms with van der Waals surface area (Å²) in [5, 5.41) is 5.00. The molecular weight excluding hydrogens is 318 g/mol. The molecule has 1 amide bonds. The molecule has 4 nitrogen and oxygen atoms in total. The van der Waals surface area contributed by atoms with Crippen molar-refractivity contribution in [3.05, 3.63) is 77.4 Å². The number of amides is 1. The van der Waals surface area contributed by atoms with Crippen LogP contribution >= 0.6 is 11.3 Å². The number of nitrogens with one attached hydrogen (secondary N) is 1. The first-order chi connectivity index (χ1) is 11.7. The highest BCUT2D eigenvalue weighted by Gasteiger charge is 2.09. The van der Waals surface area contributed by atoms with Gasteiger partial charge < -0.3 is 5.32 Å². The molecule has 1 N–H and O–H groups in total. The minimum absolute atomic E-state index is 0.110. The quantitative estimate of drug-likeness (QED) is 0.594. The van der Waals surface area contributed by atoms with Crippen LogP contribution in [0.4, 0.5) is 5.69 Å². The van der Waals surface area contributed by atoms with Crippen LogP contribution in [0.5, 0.6) is 0 Å². The largest absolute Gasteiger partial charge is 0.322 e. The van der Waals surface area contributed by atoms with Gasteiger partial charge in [0.15, 0.2) is 4.96 Å². The maximum absolute atomic E-state index is 12.2. The van der Waals surface area contributed by atoms with Crippen LogP contribution in [0.15, 0.2) is 66.2 Å². The zero-order chi connectivity index (χ0) is 16.5. The summed E-state index contributed by atoms with van der Waals surface area (Å²) >= 11 is 1.63. The van der Waals surface area contributed by atoms with E-state index in [0.29, 0.717) is 5.56 Å². The van der Waals surface area contributed by atoms with Crippen molar-refractivity contribution in [2.75, 3.05) is 5.32 Å². The molecule has 0 fully saturated rings. The van der Waals surface area contributed by atoms with E-state index >= 15 is 0 Å². The van der Waals surface area contributed by atoms with Gasteiger partial charge in [0, 0.05) is 34.1 Å². The summed E-state index contributed by atoms with van der Waals surface area (Å²) < 4.78 is 2.09. The van der Waals surface area contributed by atoms with Gasteiger partial charge in [0.1, 0.15) is 0 Å². The first kappa shape index (κ1) is 14.7. The van der Waals surface area contributed by atoms with Gasteiger partial charge in [-0.1, -0.05) is 30.3 Å². The third-order valence-electron chi connectivity index (χ3n) is 3.86. The Hall–Kier alpha value is -2.92. The first-order valence-electron chi connectivity index (χ1n) is 7.61. The number of hydrogen-bond donors (Lipinski definition) is 1. The topological polar surface area (TPSA) is 46.4 Å². The molecular formula is C19H15N3OS. The molecule has 24 heavy (non-hydrogen) atoms. The van der Waals surface area contributed by atoms with Crippen molar-refractivity contribution >= 4 is 27.9 Å². The van der Waals surface area contributed by atoms with Crippen LogP contribution in [0.1, 0.15) is 16.1 Å². The van der Waals surface area contributed by atoms with E-state index in [9.17, 15) is 4.79 Å². The highest BCUT2D eigenvalue weighted by atomic mass is 32.1. The number of rotatable bonds is 3. The minimum Gasteiger partial charge on any atom is -0.322 e. The van der Waals surface area contributed by atoms with Crippen molar-refractivity contribution in [2.45, 2.75) is 6.92 Å². The molecule has 2 heterocycles. The molecule has 118 valence electrons. The maximum Gasteiger partial charge on any atom is 0.255 e. The van der Waals surface area contributed by atoms with E-state index in [-0.39, 0.29) is 5.91 Å². The SMILES string of the molecule is Cc1csc2nc(-c3ccc(NC(=O)c4ccccc4)cc3)cn12. The summed E-state index contributed by atoms with van der Waals surface area (Å²) in [4.78, 5) is 17.8. The molecule has 0 saturated carbocycles. The molecule has 4 rings (SSSR count). The Kier molecular flexibility index (Phi) is 3.63. The zero-order valence-electron chi connectivity index (χ0n) is 13.1. The highest BCUT2D eigenvalue weighted by molar-refractivity contribution is 7.15. The molecule has 0 radical (unpaired) electrons. The lowest BCUT2D eigenvalue weighted by atomic mass is 10.1. The van der Waals surface area contributed by atoms with Crippen LogP contribution in [0.3, 0.4) is 0 Å². The van der Waals surface area contributed by atoms with E-state index < -0.39 is 0 Å². The van der Waals surface area contributed by atoms with Gasteiger partial charge in [0.05, 0.1) is 5.69 Å². The predicted octanol–water partition coefficient (Wildman–Crippen LogP) is 4.62. The molecule has 0 aliphatic heterocycles. The Morgan fingerprint density at radius 3 is 2.54 bits per heavy atom. The van der Waals surface area contributed by atoms with E-state index in [2.05, 4.69) is 27.0 Å². The van der Waals surface area contributed by atoms with E-state index in [0.717, 1.165) is 21.9 Å². The predicted molar refractivity (Wildman–Crippen MR) is 97.6 cm³/mol. The van der Waals surface area contributed by atoms with Crippen molar-refractivity contribution in [2.24, 2.45) is 0 Å². The Morgan fingerprint density at radius 1 is 1.08 bits per heavy atom. The van der Waals surface area contributed by atoms with Crippen molar-refractivity contribution in [3.8, 4) is 11.3 Å². The van der Waals surface area contributed by atoms with Crippen molar-refractivity contribution in [1.82, 2.24) is 9.38 Å². The average molecular weight is 333 g/mol. The van der Waals surface area contributed by atoms with Crippen molar-refractivity contribution in [3.63, 3.8) is 0 Å². The second kappa shape index (κ2) is 5.94. The van der Waals surface area contributed by atoms with Crippen LogP contribution in [0.25, 0.3) is 16.2 Å². The van der Waals surface area contributed by atoms with Gasteiger partial charge in [-0.25, -0.2) is 4.98 Å². The number of anilines is 1. The van der Waals surface area contributed by atoms with Crippen molar-refractivity contribution in [1.29, 1.82) is 0 Å². The molecule has 0 aliphatic rings. The number of thiazole rings is 1. The second-order valence-electron chi connectivity index (χ2n) is 5.55. The summed E-state index contributed by atoms with van der Waals surface area (Å²) in [6, 6.07) is 16.9. The fraction of sp³-hybridized carbons (Fsp3) is 0.0526. The van der Waals surface area contributed by atoms with Gasteiger partial charge in [-0.05, 0) is 31.2 Å². The molecule has 4 aromatic rings. The lowest BCUT2D eigenvalue weighted by Gasteiger charge is -2.06. The van der Waals surface area contributed by atoms with Crippen molar-refractivity contribution < 1.29 is 4.79 Å². The van der Waals surface area contributed by atoms with Gasteiger partial charge in [0.25, 0.3) is 5.91 Å². The number of carbonyl (C=O) groups is 1. The van der Waals surface area contributed by atoms with Crippen LogP contribution in [-0.2, 0) is 0 Å². The van der Waals surface area contributed by atoms with Gasteiger partial charge in [0.2, 0.25) is 0 Å². The molecule has 2 aromatic carbocycles. The van der Waals surface area contributed by atoms with Gasteiger partial charge in [-0.3, -0.25) is 9.20 Å². The highest BCUT2D eigenvalue weighted by Crippen LogP contribution is 2.24. The Bertz CT molecular complexity index is 1000. The fourth-order valence-electron chi connectivity index (χ4n) is 2.55.